The summed E-state index contributed by atoms with van der Waals surface area (Å²) in [6, 6.07) is 6.39. The van der Waals surface area contributed by atoms with Crippen LogP contribution in [0.4, 0.5) is 10.5 Å². The molecule has 0 saturated carbocycles. The van der Waals surface area contributed by atoms with Crippen molar-refractivity contribution >= 4 is 21.8 Å². The predicted molar refractivity (Wildman–Crippen MR) is 124 cm³/mol. The summed E-state index contributed by atoms with van der Waals surface area (Å²) in [6.45, 7) is 7.37. The molecule has 0 N–H and O–H groups in total. The van der Waals surface area contributed by atoms with Crippen molar-refractivity contribution in [3.05, 3.63) is 29.3 Å². The third kappa shape index (κ3) is 6.59. The molecule has 1 aromatic carbocycles. The third-order valence-corrected chi connectivity index (χ3v) is 7.64. The van der Waals surface area contributed by atoms with Crippen molar-refractivity contribution in [3.63, 3.8) is 0 Å². The Hall–Kier alpha value is -1.80. The monoisotopic (exact) mass is 451 g/mol. The Morgan fingerprint density at radius 3 is 2.55 bits per heavy atom. The summed E-state index contributed by atoms with van der Waals surface area (Å²) in [5.74, 6) is 0.669. The topological polar surface area (TPSA) is 70.2 Å². The minimum atomic E-state index is -3.14. The first-order chi connectivity index (χ1) is 14.6. The van der Waals surface area contributed by atoms with Gasteiger partial charge in [0, 0.05) is 45.5 Å². The molecule has 2 heterocycles. The van der Waals surface area contributed by atoms with Crippen molar-refractivity contribution in [2.75, 3.05) is 44.4 Å². The van der Waals surface area contributed by atoms with Gasteiger partial charge in [0.25, 0.3) is 0 Å². The number of nitrogens with zero attached hydrogens (tertiary/aromatic N) is 3. The summed E-state index contributed by atoms with van der Waals surface area (Å²) in [7, 11) is -1.01. The van der Waals surface area contributed by atoms with E-state index in [2.05, 4.69) is 30.1 Å². The Balaban J connectivity index is 1.43. The maximum absolute atomic E-state index is 12.0. The summed E-state index contributed by atoms with van der Waals surface area (Å²) >= 11 is 0. The summed E-state index contributed by atoms with van der Waals surface area (Å²) in [4.78, 5) is 16.1. The van der Waals surface area contributed by atoms with Crippen molar-refractivity contribution in [3.8, 4) is 0 Å². The highest BCUT2D eigenvalue weighted by molar-refractivity contribution is 7.88. The van der Waals surface area contributed by atoms with Gasteiger partial charge in [-0.2, -0.15) is 4.31 Å². The molecule has 8 heteroatoms. The van der Waals surface area contributed by atoms with Crippen molar-refractivity contribution in [1.29, 1.82) is 0 Å². The second-order valence-corrected chi connectivity index (χ2v) is 11.2. The Morgan fingerprint density at radius 2 is 1.90 bits per heavy atom. The molecular weight excluding hydrogens is 414 g/mol. The Bertz CT molecular complexity index is 864. The second kappa shape index (κ2) is 10.2. The van der Waals surface area contributed by atoms with E-state index in [0.717, 1.165) is 50.9 Å². The molecule has 1 saturated heterocycles. The van der Waals surface area contributed by atoms with Gasteiger partial charge < -0.3 is 14.5 Å². The van der Waals surface area contributed by atoms with E-state index >= 15 is 0 Å². The van der Waals surface area contributed by atoms with Gasteiger partial charge in [0.1, 0.15) is 0 Å². The number of ether oxygens (including phenoxy) is 1. The number of carbonyl (C=O) groups excluding carboxylic acids is 1. The van der Waals surface area contributed by atoms with Crippen LogP contribution in [0, 0.1) is 5.92 Å². The minimum absolute atomic E-state index is 0.0667. The van der Waals surface area contributed by atoms with E-state index in [1.807, 2.05) is 18.7 Å². The van der Waals surface area contributed by atoms with Crippen LogP contribution in [0.25, 0.3) is 0 Å². The smallest absolute Gasteiger partial charge is 0.410 e. The zero-order valence-corrected chi connectivity index (χ0v) is 20.2. The molecule has 1 amide bonds. The number of hydrogen-bond donors (Lipinski definition) is 0. The first-order valence-corrected chi connectivity index (χ1v) is 13.2. The first-order valence-electron chi connectivity index (χ1n) is 11.4. The van der Waals surface area contributed by atoms with E-state index < -0.39 is 10.0 Å². The molecule has 31 heavy (non-hydrogen) atoms. The molecule has 7 nitrogen and oxygen atoms in total. The average molecular weight is 452 g/mol. The molecule has 0 unspecified atom stereocenters. The van der Waals surface area contributed by atoms with Crippen LogP contribution in [-0.2, 0) is 27.7 Å². The zero-order chi connectivity index (χ0) is 22.6. The highest BCUT2D eigenvalue weighted by Crippen LogP contribution is 2.27. The van der Waals surface area contributed by atoms with E-state index in [-0.39, 0.29) is 12.2 Å². The molecule has 1 aromatic rings. The SMILES string of the molecule is CC(C)OC(=O)N1CCC(CCCN(C)c2ccc3c(c2)CCN(S(C)(=O)=O)C3)CC1. The van der Waals surface area contributed by atoms with E-state index in [1.54, 1.807) is 4.31 Å². The number of piperidine rings is 1. The molecule has 1 fully saturated rings. The molecule has 2 aliphatic rings. The van der Waals surface area contributed by atoms with Crippen LogP contribution in [0.15, 0.2) is 18.2 Å². The van der Waals surface area contributed by atoms with E-state index in [4.69, 9.17) is 4.74 Å². The van der Waals surface area contributed by atoms with Gasteiger partial charge in [0.15, 0.2) is 0 Å². The molecule has 0 radical (unpaired) electrons. The molecule has 0 aliphatic carbocycles. The van der Waals surface area contributed by atoms with Gasteiger partial charge in [-0.25, -0.2) is 13.2 Å². The molecule has 0 aromatic heterocycles. The number of benzene rings is 1. The predicted octanol–water partition coefficient (Wildman–Crippen LogP) is 3.48. The summed E-state index contributed by atoms with van der Waals surface area (Å²) < 4.78 is 30.5. The highest BCUT2D eigenvalue weighted by Gasteiger charge is 2.25. The molecule has 0 atom stereocenters. The quantitative estimate of drug-likeness (QED) is 0.635. The molecule has 0 spiro atoms. The molecular formula is C23H37N3O4S. The molecule has 3 rings (SSSR count). The summed E-state index contributed by atoms with van der Waals surface area (Å²) in [6.07, 6.45) is 6.19. The number of carbonyl (C=O) groups is 1. The Morgan fingerprint density at radius 1 is 1.19 bits per heavy atom. The maximum Gasteiger partial charge on any atom is 0.410 e. The summed E-state index contributed by atoms with van der Waals surface area (Å²) in [5.41, 5.74) is 3.55. The fourth-order valence-electron chi connectivity index (χ4n) is 4.46. The molecule has 174 valence electrons. The van der Waals surface area contributed by atoms with E-state index in [0.29, 0.717) is 19.0 Å². The molecule has 2 aliphatic heterocycles. The van der Waals surface area contributed by atoms with Gasteiger partial charge in [0.2, 0.25) is 10.0 Å². The zero-order valence-electron chi connectivity index (χ0n) is 19.3. The van der Waals surface area contributed by atoms with Gasteiger partial charge in [-0.1, -0.05) is 6.07 Å². The lowest BCUT2D eigenvalue weighted by molar-refractivity contribution is 0.0647. The first kappa shape index (κ1) is 23.9. The third-order valence-electron chi connectivity index (χ3n) is 6.39. The van der Waals surface area contributed by atoms with Crippen molar-refractivity contribution in [1.82, 2.24) is 9.21 Å². The number of amides is 1. The number of anilines is 1. The van der Waals surface area contributed by atoms with E-state index in [1.165, 1.54) is 23.9 Å². The van der Waals surface area contributed by atoms with Gasteiger partial charge in [-0.15, -0.1) is 0 Å². The number of sulfonamides is 1. The standard InChI is InChI=1S/C23H37N3O4S/c1-18(2)30-23(27)25-13-9-19(10-14-25)6-5-12-24(3)22-8-7-21-17-26(31(4,28)29)15-11-20(21)16-22/h7-8,16,18-19H,5-6,9-15,17H2,1-4H3. The fraction of sp³-hybridized carbons (Fsp3) is 0.696. The maximum atomic E-state index is 12.0. The van der Waals surface area contributed by atoms with Crippen LogP contribution >= 0.6 is 0 Å². The van der Waals surface area contributed by atoms with Gasteiger partial charge in [-0.05, 0) is 75.1 Å². The van der Waals surface area contributed by atoms with Gasteiger partial charge in [-0.3, -0.25) is 0 Å². The van der Waals surface area contributed by atoms with Crippen molar-refractivity contribution in [2.45, 2.75) is 58.6 Å². The second-order valence-electron chi connectivity index (χ2n) is 9.23. The largest absolute Gasteiger partial charge is 0.447 e. The van der Waals surface area contributed by atoms with Crippen LogP contribution in [-0.4, -0.2) is 69.3 Å². The average Bonchev–Trinajstić information content (AvgIpc) is 2.72. The number of hydrogen-bond acceptors (Lipinski definition) is 5. The lowest BCUT2D eigenvalue weighted by Crippen LogP contribution is -2.39. The van der Waals surface area contributed by atoms with E-state index in [9.17, 15) is 13.2 Å². The fourth-order valence-corrected chi connectivity index (χ4v) is 5.26. The van der Waals surface area contributed by atoms with Crippen molar-refractivity contribution < 1.29 is 17.9 Å². The Labute approximate surface area is 187 Å². The summed E-state index contributed by atoms with van der Waals surface area (Å²) in [5, 5.41) is 0. The Kier molecular flexibility index (Phi) is 7.86. The van der Waals surface area contributed by atoms with Crippen LogP contribution < -0.4 is 4.90 Å². The van der Waals surface area contributed by atoms with Crippen LogP contribution in [0.5, 0.6) is 0 Å². The lowest BCUT2D eigenvalue weighted by atomic mass is 9.92. The van der Waals surface area contributed by atoms with Crippen LogP contribution in [0.3, 0.4) is 0 Å². The molecule has 0 bridgehead atoms. The normalized spacial score (nSPS) is 18.2. The number of fused-ring (bicyclic) bond motifs is 1. The number of rotatable bonds is 7. The lowest BCUT2D eigenvalue weighted by Gasteiger charge is -2.32. The number of likely N-dealkylation sites (tertiary alicyclic amines) is 1. The van der Waals surface area contributed by atoms with Gasteiger partial charge in [0.05, 0.1) is 12.4 Å². The van der Waals surface area contributed by atoms with Crippen LogP contribution in [0.1, 0.15) is 50.7 Å². The minimum Gasteiger partial charge on any atom is -0.447 e. The van der Waals surface area contributed by atoms with Crippen LogP contribution in [0.2, 0.25) is 0 Å². The van der Waals surface area contributed by atoms with Gasteiger partial charge >= 0.3 is 6.09 Å². The van der Waals surface area contributed by atoms with Crippen molar-refractivity contribution in [2.24, 2.45) is 5.92 Å². The highest BCUT2D eigenvalue weighted by atomic mass is 32.2.